The lowest BCUT2D eigenvalue weighted by molar-refractivity contribution is -0.138. The minimum atomic E-state index is -0.989. The molecule has 4 nitrogen and oxygen atoms in total. The lowest BCUT2D eigenvalue weighted by atomic mass is 10.0. The van der Waals surface area contributed by atoms with Gasteiger partial charge in [0, 0.05) is 6.54 Å². The van der Waals surface area contributed by atoms with Gasteiger partial charge in [-0.1, -0.05) is 38.1 Å². The predicted octanol–water partition coefficient (Wildman–Crippen LogP) is 1.61. The molecule has 0 aliphatic heterocycles. The van der Waals surface area contributed by atoms with Crippen molar-refractivity contribution in [3.8, 4) is 0 Å². The minimum absolute atomic E-state index is 0.701. The molecule has 0 heterocycles. The van der Waals surface area contributed by atoms with E-state index in [-0.39, 0.29) is 0 Å². The highest BCUT2D eigenvalue weighted by Crippen LogP contribution is 2.18. The first-order valence-corrected chi connectivity index (χ1v) is 5.88. The zero-order valence-corrected chi connectivity index (χ0v) is 10.4. The van der Waals surface area contributed by atoms with Crippen molar-refractivity contribution in [3.63, 3.8) is 0 Å². The molecule has 0 bridgehead atoms. The molecule has 1 unspecified atom stereocenters. The van der Waals surface area contributed by atoms with Gasteiger partial charge in [-0.3, -0.25) is 9.69 Å². The van der Waals surface area contributed by atoms with Crippen LogP contribution in [0.1, 0.15) is 31.0 Å². The van der Waals surface area contributed by atoms with Crippen LogP contribution in [0.5, 0.6) is 0 Å². The van der Waals surface area contributed by atoms with E-state index in [0.717, 1.165) is 25.2 Å². The highest BCUT2D eigenvalue weighted by atomic mass is 16.4. The summed E-state index contributed by atoms with van der Waals surface area (Å²) in [6, 6.07) is 6.52. The van der Waals surface area contributed by atoms with Gasteiger partial charge in [0.15, 0.2) is 0 Å². The SMILES string of the molecule is CCN(CC)Cc1ccccc1C(N)C(=O)O. The van der Waals surface area contributed by atoms with Gasteiger partial charge < -0.3 is 10.8 Å². The number of aliphatic carboxylic acids is 1. The maximum Gasteiger partial charge on any atom is 0.325 e. The number of carbonyl (C=O) groups is 1. The minimum Gasteiger partial charge on any atom is -0.480 e. The van der Waals surface area contributed by atoms with Crippen LogP contribution in [0.3, 0.4) is 0 Å². The summed E-state index contributed by atoms with van der Waals surface area (Å²) in [6.45, 7) is 6.79. The lowest BCUT2D eigenvalue weighted by Gasteiger charge is -2.21. The van der Waals surface area contributed by atoms with Crippen LogP contribution in [0, 0.1) is 0 Å². The molecular weight excluding hydrogens is 216 g/mol. The summed E-state index contributed by atoms with van der Waals surface area (Å²) in [5.41, 5.74) is 7.37. The Morgan fingerprint density at radius 2 is 1.94 bits per heavy atom. The lowest BCUT2D eigenvalue weighted by Crippen LogP contribution is -2.26. The second-order valence-corrected chi connectivity index (χ2v) is 3.98. The normalized spacial score (nSPS) is 12.7. The molecule has 94 valence electrons. The number of carboxylic acid groups (broad SMARTS) is 1. The van der Waals surface area contributed by atoms with Crippen LogP contribution in [0.2, 0.25) is 0 Å². The Hall–Kier alpha value is -1.39. The summed E-state index contributed by atoms with van der Waals surface area (Å²) in [6.07, 6.45) is 0. The highest BCUT2D eigenvalue weighted by molar-refractivity contribution is 5.75. The van der Waals surface area contributed by atoms with E-state index in [0.29, 0.717) is 5.56 Å². The fraction of sp³-hybridized carbons (Fsp3) is 0.462. The van der Waals surface area contributed by atoms with Crippen molar-refractivity contribution in [1.29, 1.82) is 0 Å². The predicted molar refractivity (Wildman–Crippen MR) is 67.6 cm³/mol. The summed E-state index contributed by atoms with van der Waals surface area (Å²) < 4.78 is 0. The number of hydrogen-bond donors (Lipinski definition) is 2. The van der Waals surface area contributed by atoms with Crippen LogP contribution in [-0.2, 0) is 11.3 Å². The van der Waals surface area contributed by atoms with Gasteiger partial charge in [-0.05, 0) is 24.2 Å². The summed E-state index contributed by atoms with van der Waals surface area (Å²) in [7, 11) is 0. The molecule has 0 fully saturated rings. The zero-order chi connectivity index (χ0) is 12.8. The number of carboxylic acids is 1. The fourth-order valence-electron chi connectivity index (χ4n) is 1.80. The van der Waals surface area contributed by atoms with Crippen LogP contribution < -0.4 is 5.73 Å². The number of rotatable bonds is 6. The maximum atomic E-state index is 10.9. The Morgan fingerprint density at radius 1 is 1.35 bits per heavy atom. The summed E-state index contributed by atoms with van der Waals surface area (Å²) in [4.78, 5) is 13.2. The average molecular weight is 236 g/mol. The Balaban J connectivity index is 2.95. The molecule has 0 spiro atoms. The van der Waals surface area contributed by atoms with Crippen molar-refractivity contribution in [1.82, 2.24) is 4.90 Å². The smallest absolute Gasteiger partial charge is 0.325 e. The number of benzene rings is 1. The number of nitrogens with zero attached hydrogens (tertiary/aromatic N) is 1. The number of hydrogen-bond acceptors (Lipinski definition) is 3. The summed E-state index contributed by atoms with van der Waals surface area (Å²) in [5, 5.41) is 8.97. The Morgan fingerprint density at radius 3 is 2.47 bits per heavy atom. The molecule has 1 aromatic rings. The van der Waals surface area contributed by atoms with Gasteiger partial charge >= 0.3 is 5.97 Å². The van der Waals surface area contributed by atoms with E-state index in [9.17, 15) is 4.79 Å². The molecule has 0 saturated carbocycles. The first kappa shape index (κ1) is 13.7. The third kappa shape index (κ3) is 3.54. The van der Waals surface area contributed by atoms with E-state index in [2.05, 4.69) is 18.7 Å². The molecular formula is C13H20N2O2. The van der Waals surface area contributed by atoms with E-state index >= 15 is 0 Å². The first-order chi connectivity index (χ1) is 8.10. The average Bonchev–Trinajstić information content (AvgIpc) is 2.35. The summed E-state index contributed by atoms with van der Waals surface area (Å²) in [5.74, 6) is -0.989. The van der Waals surface area contributed by atoms with Crippen molar-refractivity contribution in [2.24, 2.45) is 5.73 Å². The van der Waals surface area contributed by atoms with Crippen LogP contribution in [-0.4, -0.2) is 29.1 Å². The Kier molecular flexibility index (Phi) is 5.12. The topological polar surface area (TPSA) is 66.6 Å². The van der Waals surface area contributed by atoms with Crippen LogP contribution >= 0.6 is 0 Å². The van der Waals surface area contributed by atoms with E-state index in [4.69, 9.17) is 10.8 Å². The van der Waals surface area contributed by atoms with Gasteiger partial charge in [0.1, 0.15) is 6.04 Å². The molecule has 0 aliphatic rings. The third-order valence-electron chi connectivity index (χ3n) is 2.94. The van der Waals surface area contributed by atoms with E-state index in [1.807, 2.05) is 18.2 Å². The van der Waals surface area contributed by atoms with Crippen LogP contribution in [0.15, 0.2) is 24.3 Å². The van der Waals surface area contributed by atoms with Gasteiger partial charge in [0.25, 0.3) is 0 Å². The molecule has 3 N–H and O–H groups in total. The Bertz CT molecular complexity index is 375. The van der Waals surface area contributed by atoms with Crippen molar-refractivity contribution in [2.45, 2.75) is 26.4 Å². The molecule has 4 heteroatoms. The molecule has 1 rings (SSSR count). The third-order valence-corrected chi connectivity index (χ3v) is 2.94. The second-order valence-electron chi connectivity index (χ2n) is 3.98. The van der Waals surface area contributed by atoms with Crippen molar-refractivity contribution in [2.75, 3.05) is 13.1 Å². The van der Waals surface area contributed by atoms with Crippen LogP contribution in [0.4, 0.5) is 0 Å². The van der Waals surface area contributed by atoms with Crippen molar-refractivity contribution < 1.29 is 9.90 Å². The van der Waals surface area contributed by atoms with Gasteiger partial charge in [-0.15, -0.1) is 0 Å². The van der Waals surface area contributed by atoms with E-state index in [1.165, 1.54) is 0 Å². The first-order valence-electron chi connectivity index (χ1n) is 5.88. The quantitative estimate of drug-likeness (QED) is 0.787. The van der Waals surface area contributed by atoms with Gasteiger partial charge in [-0.2, -0.15) is 0 Å². The van der Waals surface area contributed by atoms with Crippen LogP contribution in [0.25, 0.3) is 0 Å². The van der Waals surface area contributed by atoms with E-state index in [1.54, 1.807) is 6.07 Å². The molecule has 0 saturated heterocycles. The molecule has 0 radical (unpaired) electrons. The molecule has 1 atom stereocenters. The number of nitrogens with two attached hydrogens (primary N) is 1. The van der Waals surface area contributed by atoms with Gasteiger partial charge in [-0.25, -0.2) is 0 Å². The molecule has 0 aliphatic carbocycles. The largest absolute Gasteiger partial charge is 0.480 e. The molecule has 1 aromatic carbocycles. The monoisotopic (exact) mass is 236 g/mol. The standard InChI is InChI=1S/C13H20N2O2/c1-3-15(4-2)9-10-7-5-6-8-11(10)12(14)13(16)17/h5-8,12H,3-4,9,14H2,1-2H3,(H,16,17). The van der Waals surface area contributed by atoms with Crippen molar-refractivity contribution in [3.05, 3.63) is 35.4 Å². The van der Waals surface area contributed by atoms with Gasteiger partial charge in [0.05, 0.1) is 0 Å². The van der Waals surface area contributed by atoms with E-state index < -0.39 is 12.0 Å². The zero-order valence-electron chi connectivity index (χ0n) is 10.4. The van der Waals surface area contributed by atoms with Gasteiger partial charge in [0.2, 0.25) is 0 Å². The second kappa shape index (κ2) is 6.37. The molecule has 0 aromatic heterocycles. The summed E-state index contributed by atoms with van der Waals surface area (Å²) >= 11 is 0. The molecule has 17 heavy (non-hydrogen) atoms. The molecule has 0 amide bonds. The Labute approximate surface area is 102 Å². The highest BCUT2D eigenvalue weighted by Gasteiger charge is 2.18. The maximum absolute atomic E-state index is 10.9. The van der Waals surface area contributed by atoms with Crippen molar-refractivity contribution >= 4 is 5.97 Å². The fourth-order valence-corrected chi connectivity index (χ4v) is 1.80.